The van der Waals surface area contributed by atoms with Gasteiger partial charge in [-0.05, 0) is 38.2 Å². The molecule has 3 rings (SSSR count). The summed E-state index contributed by atoms with van der Waals surface area (Å²) in [6.07, 6.45) is 6.61. The van der Waals surface area contributed by atoms with Crippen LogP contribution in [-0.4, -0.2) is 50.6 Å². The fourth-order valence-electron chi connectivity index (χ4n) is 3.28. The van der Waals surface area contributed by atoms with Crippen LogP contribution in [0, 0.1) is 0 Å². The lowest BCUT2D eigenvalue weighted by Crippen LogP contribution is -2.36. The first-order valence-electron chi connectivity index (χ1n) is 8.24. The first-order valence-corrected chi connectivity index (χ1v) is 9.06. The lowest BCUT2D eigenvalue weighted by molar-refractivity contribution is -0.136. The van der Waals surface area contributed by atoms with Gasteiger partial charge >= 0.3 is 5.97 Å². The van der Waals surface area contributed by atoms with Gasteiger partial charge in [0, 0.05) is 18.4 Å². The second-order valence-corrected chi connectivity index (χ2v) is 7.41. The van der Waals surface area contributed by atoms with Gasteiger partial charge < -0.3 is 14.6 Å². The van der Waals surface area contributed by atoms with Gasteiger partial charge in [-0.3, -0.25) is 4.79 Å². The topological polar surface area (TPSA) is 71.2 Å². The Balaban J connectivity index is 2.04. The summed E-state index contributed by atoms with van der Waals surface area (Å²) in [6.45, 7) is 2.19. The van der Waals surface area contributed by atoms with Gasteiger partial charge in [-0.25, -0.2) is 9.97 Å². The van der Waals surface area contributed by atoms with Crippen LogP contribution in [-0.2, 0) is 11.2 Å². The number of fused-ring (bicyclic) bond motifs is 1. The standard InChI is InChI=1S/C18H22N4O2S/c1-4-14(21(2)3)18(22-8-7-19-11-22)12-5-6-13-15(9-12)25-16(20-13)10-17(23)24/h5-9,11,14,18H,4,10H2,1-3H3,(H,23,24). The van der Waals surface area contributed by atoms with Gasteiger partial charge in [-0.15, -0.1) is 11.3 Å². The minimum Gasteiger partial charge on any atom is -0.481 e. The minimum absolute atomic E-state index is 0.0328. The number of aromatic nitrogens is 3. The molecule has 2 aromatic heterocycles. The predicted octanol–water partition coefficient (Wildman–Crippen LogP) is 3.05. The van der Waals surface area contributed by atoms with E-state index in [4.69, 9.17) is 5.11 Å². The highest BCUT2D eigenvalue weighted by Crippen LogP contribution is 2.31. The number of hydrogen-bond donors (Lipinski definition) is 1. The molecule has 0 saturated heterocycles. The van der Waals surface area contributed by atoms with E-state index in [1.807, 2.05) is 18.6 Å². The van der Waals surface area contributed by atoms with E-state index in [-0.39, 0.29) is 12.5 Å². The van der Waals surface area contributed by atoms with Crippen LogP contribution >= 0.6 is 11.3 Å². The van der Waals surface area contributed by atoms with Crippen molar-refractivity contribution in [2.75, 3.05) is 14.1 Å². The molecule has 0 saturated carbocycles. The first kappa shape index (κ1) is 17.6. The summed E-state index contributed by atoms with van der Waals surface area (Å²) in [5.74, 6) is -0.853. The second kappa shape index (κ2) is 7.33. The third kappa shape index (κ3) is 3.72. The number of carboxylic acids is 1. The summed E-state index contributed by atoms with van der Waals surface area (Å²) in [7, 11) is 4.18. The summed E-state index contributed by atoms with van der Waals surface area (Å²) >= 11 is 1.45. The van der Waals surface area contributed by atoms with Crippen LogP contribution in [0.15, 0.2) is 36.9 Å². The molecule has 0 fully saturated rings. The van der Waals surface area contributed by atoms with Gasteiger partial charge in [-0.1, -0.05) is 13.0 Å². The Morgan fingerprint density at radius 3 is 2.80 bits per heavy atom. The van der Waals surface area contributed by atoms with E-state index in [1.165, 1.54) is 16.9 Å². The van der Waals surface area contributed by atoms with E-state index in [0.717, 1.165) is 16.6 Å². The van der Waals surface area contributed by atoms with Gasteiger partial charge in [0.1, 0.15) is 5.01 Å². The van der Waals surface area contributed by atoms with E-state index in [0.29, 0.717) is 11.0 Å². The number of aliphatic carboxylic acids is 1. The average Bonchev–Trinajstić information content (AvgIpc) is 3.19. The maximum Gasteiger partial charge on any atom is 0.310 e. The van der Waals surface area contributed by atoms with E-state index in [2.05, 4.69) is 52.6 Å². The van der Waals surface area contributed by atoms with E-state index < -0.39 is 5.97 Å². The van der Waals surface area contributed by atoms with Crippen LogP contribution < -0.4 is 0 Å². The maximum atomic E-state index is 10.9. The van der Waals surface area contributed by atoms with Crippen LogP contribution in [0.4, 0.5) is 0 Å². The van der Waals surface area contributed by atoms with Crippen molar-refractivity contribution < 1.29 is 9.90 Å². The van der Waals surface area contributed by atoms with Crippen molar-refractivity contribution >= 4 is 27.5 Å². The Morgan fingerprint density at radius 2 is 2.20 bits per heavy atom. The van der Waals surface area contributed by atoms with Crippen molar-refractivity contribution in [3.05, 3.63) is 47.5 Å². The van der Waals surface area contributed by atoms with E-state index >= 15 is 0 Å². The Hall–Kier alpha value is -2.25. The summed E-state index contributed by atoms with van der Waals surface area (Å²) in [4.78, 5) is 21.8. The number of nitrogens with zero attached hydrogens (tertiary/aromatic N) is 4. The fourth-order valence-corrected chi connectivity index (χ4v) is 4.28. The zero-order valence-corrected chi connectivity index (χ0v) is 15.4. The molecular weight excluding hydrogens is 336 g/mol. The molecule has 0 aliphatic rings. The van der Waals surface area contributed by atoms with Gasteiger partial charge in [0.15, 0.2) is 0 Å². The molecular formula is C18H22N4O2S. The lowest BCUT2D eigenvalue weighted by Gasteiger charge is -2.33. The van der Waals surface area contributed by atoms with Crippen molar-refractivity contribution in [3.8, 4) is 0 Å². The van der Waals surface area contributed by atoms with E-state index in [1.54, 1.807) is 6.20 Å². The number of carbonyl (C=O) groups is 1. The number of carboxylic acid groups (broad SMARTS) is 1. The predicted molar refractivity (Wildman–Crippen MR) is 99.1 cm³/mol. The molecule has 3 aromatic rings. The van der Waals surface area contributed by atoms with Gasteiger partial charge in [0.2, 0.25) is 0 Å². The SMILES string of the molecule is CCC(C(c1ccc2nc(CC(=O)O)sc2c1)n1ccnc1)N(C)C. The highest BCUT2D eigenvalue weighted by atomic mass is 32.1. The number of benzene rings is 1. The molecule has 1 N–H and O–H groups in total. The molecule has 2 unspecified atom stereocenters. The minimum atomic E-state index is -0.853. The molecule has 2 atom stereocenters. The summed E-state index contributed by atoms with van der Waals surface area (Å²) in [5.41, 5.74) is 2.03. The molecule has 2 heterocycles. The van der Waals surface area contributed by atoms with Crippen molar-refractivity contribution in [1.29, 1.82) is 0 Å². The number of rotatable bonds is 7. The van der Waals surface area contributed by atoms with E-state index in [9.17, 15) is 4.79 Å². The fraction of sp³-hybridized carbons (Fsp3) is 0.389. The normalized spacial score (nSPS) is 14.1. The summed E-state index contributed by atoms with van der Waals surface area (Å²) in [5, 5.41) is 9.61. The van der Waals surface area contributed by atoms with Gasteiger partial charge in [0.05, 0.1) is 29.0 Å². The highest BCUT2D eigenvalue weighted by Gasteiger charge is 2.25. The van der Waals surface area contributed by atoms with Crippen LogP contribution in [0.5, 0.6) is 0 Å². The molecule has 0 spiro atoms. The number of hydrogen-bond acceptors (Lipinski definition) is 5. The first-order chi connectivity index (χ1) is 12.0. The molecule has 6 nitrogen and oxygen atoms in total. The Labute approximate surface area is 150 Å². The lowest BCUT2D eigenvalue weighted by atomic mass is 9.96. The molecule has 25 heavy (non-hydrogen) atoms. The van der Waals surface area contributed by atoms with Gasteiger partial charge in [0.25, 0.3) is 0 Å². The number of thiazole rings is 1. The zero-order valence-electron chi connectivity index (χ0n) is 14.6. The molecule has 132 valence electrons. The number of imidazole rings is 1. The molecule has 0 radical (unpaired) electrons. The Bertz CT molecular complexity index is 857. The molecule has 0 amide bonds. The van der Waals surface area contributed by atoms with Gasteiger partial charge in [-0.2, -0.15) is 0 Å². The molecule has 0 aliphatic heterocycles. The quantitative estimate of drug-likeness (QED) is 0.703. The zero-order chi connectivity index (χ0) is 18.0. The summed E-state index contributed by atoms with van der Waals surface area (Å²) < 4.78 is 3.15. The highest BCUT2D eigenvalue weighted by molar-refractivity contribution is 7.18. The van der Waals surface area contributed by atoms with Crippen molar-refractivity contribution in [1.82, 2.24) is 19.4 Å². The summed E-state index contributed by atoms with van der Waals surface area (Å²) in [6, 6.07) is 6.66. The largest absolute Gasteiger partial charge is 0.481 e. The van der Waals surface area contributed by atoms with Crippen molar-refractivity contribution in [3.63, 3.8) is 0 Å². The smallest absolute Gasteiger partial charge is 0.310 e. The molecule has 0 bridgehead atoms. The van der Waals surface area contributed by atoms with Crippen LogP contribution in [0.1, 0.15) is 30.0 Å². The maximum absolute atomic E-state index is 10.9. The average molecular weight is 358 g/mol. The third-order valence-corrected chi connectivity index (χ3v) is 5.41. The molecule has 7 heteroatoms. The van der Waals surface area contributed by atoms with Crippen molar-refractivity contribution in [2.45, 2.75) is 31.8 Å². The van der Waals surface area contributed by atoms with Crippen LogP contribution in [0.2, 0.25) is 0 Å². The monoisotopic (exact) mass is 358 g/mol. The van der Waals surface area contributed by atoms with Crippen molar-refractivity contribution in [2.24, 2.45) is 0 Å². The van der Waals surface area contributed by atoms with Crippen LogP contribution in [0.3, 0.4) is 0 Å². The Kier molecular flexibility index (Phi) is 5.15. The molecule has 1 aromatic carbocycles. The second-order valence-electron chi connectivity index (χ2n) is 6.30. The third-order valence-electron chi connectivity index (χ3n) is 4.39. The Morgan fingerprint density at radius 1 is 1.40 bits per heavy atom. The van der Waals surface area contributed by atoms with Crippen LogP contribution in [0.25, 0.3) is 10.2 Å². The number of likely N-dealkylation sites (N-methyl/N-ethyl adjacent to an activating group) is 1. The molecule has 0 aliphatic carbocycles.